The third-order valence-corrected chi connectivity index (χ3v) is 35.8. The number of aryl methyl sites for hydroxylation is 7. The van der Waals surface area contributed by atoms with Crippen molar-refractivity contribution in [3.63, 3.8) is 0 Å². The zero-order chi connectivity index (χ0) is 99.4. The standard InChI is InChI=1S/C35H39O5S.C25H30NOS.C24H23O4S.C19H14F3S.C19H17S/c1-23-14-31(41(29-10-6-4-7-11-29)30-12-8-5-9-13-30)15-24(2)34(23)39-21-32(36)38-22-33(37)40-35(3)27-17-25-16-26(19-27)20-28(35)18-25;1-20-18-24(19-21(2)25(20)27-17-11-16-26(3)4)28(22-12-7-5-8-13-22)23-14-9-6-10-15-23;1-17-14-22(15-18(2)24(17)28-23(26)16-27-19(3)25)29(20-10-6-4-7-11-20)21-12-8-5-9-13-21;20-19(21,22)15-8-7-13-18(14-15)23(16-9-3-1-4-10-16)17-11-5-2-6-12-17;1-16-9-8-14-19(15-16)20(17-10-4-2-5-11-17)18-12-6-3-7-13-18/h4-15,25-28H,16-22H2,1-3H3;5-10,12-15,18-19H,11,16-17H2,1-4H3;4-15H,16H2,1-3H3;1-14H;2-15H,1H3/q5*+1. The molecule has 0 aromatic heterocycles. The monoisotopic (exact) mass is 1980 g/mol. The van der Waals surface area contributed by atoms with E-state index in [1.165, 1.54) is 96.0 Å². The highest BCUT2D eigenvalue weighted by atomic mass is 32.2. The number of carbonyl (C=O) groups excluding carboxylic acids is 4. The summed E-state index contributed by atoms with van der Waals surface area (Å²) < 4.78 is 72.7. The molecule has 4 aliphatic rings. The summed E-state index contributed by atoms with van der Waals surface area (Å²) in [5.41, 5.74) is 6.32. The lowest BCUT2D eigenvalue weighted by atomic mass is 9.50. The first kappa shape index (κ1) is 104. The molecule has 141 heavy (non-hydrogen) atoms. The van der Waals surface area contributed by atoms with Crippen LogP contribution in [0.25, 0.3) is 0 Å². The Morgan fingerprint density at radius 2 is 0.603 bits per heavy atom. The van der Waals surface area contributed by atoms with Crippen molar-refractivity contribution in [1.29, 1.82) is 0 Å². The lowest BCUT2D eigenvalue weighted by molar-refractivity contribution is -0.207. The average Bonchev–Trinajstić information content (AvgIpc) is 0.730. The topological polar surface area (TPSA) is 127 Å². The van der Waals surface area contributed by atoms with Crippen LogP contribution in [-0.4, -0.2) is 81.4 Å². The largest absolute Gasteiger partial charge is 0.493 e. The van der Waals surface area contributed by atoms with E-state index in [9.17, 15) is 32.3 Å². The fourth-order valence-electron chi connectivity index (χ4n) is 18.6. The number of nitrogens with zero attached hydrogens (tertiary/aromatic N) is 1. The normalized spacial score (nSPS) is 15.4. The molecule has 4 aliphatic carbocycles. The third kappa shape index (κ3) is 28.6. The quantitative estimate of drug-likeness (QED) is 0.0146. The molecule has 0 heterocycles. The maximum atomic E-state index is 13.0. The molecule has 722 valence electrons. The second-order valence-electron chi connectivity index (χ2n) is 35.8. The molecule has 0 atom stereocenters. The Labute approximate surface area is 844 Å². The van der Waals surface area contributed by atoms with Gasteiger partial charge in [-0.25, -0.2) is 14.4 Å². The van der Waals surface area contributed by atoms with E-state index in [4.69, 9.17) is 28.4 Å². The van der Waals surface area contributed by atoms with Gasteiger partial charge in [-0.3, -0.25) is 4.79 Å². The van der Waals surface area contributed by atoms with Crippen LogP contribution in [0.15, 0.2) is 462 Å². The molecule has 4 fully saturated rings. The molecule has 4 bridgehead atoms. The predicted octanol–water partition coefficient (Wildman–Crippen LogP) is 28.6. The number of hydrogen-bond donors (Lipinski definition) is 0. The highest BCUT2D eigenvalue weighted by molar-refractivity contribution is 7.98. The van der Waals surface area contributed by atoms with Crippen molar-refractivity contribution in [2.45, 2.75) is 186 Å². The van der Waals surface area contributed by atoms with Crippen LogP contribution in [0.2, 0.25) is 0 Å². The summed E-state index contributed by atoms with van der Waals surface area (Å²) in [5.74, 6) is 2.52. The molecule has 4 saturated carbocycles. The molecular weight excluding hydrogens is 1860 g/mol. The molecule has 15 aromatic rings. The van der Waals surface area contributed by atoms with Crippen molar-refractivity contribution in [2.75, 3.05) is 47.1 Å². The number of benzene rings is 15. The summed E-state index contributed by atoms with van der Waals surface area (Å²) in [7, 11) is 2.94. The Balaban J connectivity index is 0.000000143. The van der Waals surface area contributed by atoms with Gasteiger partial charge in [0.15, 0.2) is 93.3 Å². The minimum atomic E-state index is -4.33. The predicted molar refractivity (Wildman–Crippen MR) is 565 cm³/mol. The van der Waals surface area contributed by atoms with Crippen molar-refractivity contribution in [3.8, 4) is 17.2 Å². The van der Waals surface area contributed by atoms with E-state index in [0.717, 1.165) is 106 Å². The smallest absolute Gasteiger partial charge is 0.416 e. The van der Waals surface area contributed by atoms with Crippen LogP contribution in [0.4, 0.5) is 13.2 Å². The van der Waals surface area contributed by atoms with E-state index in [0.29, 0.717) is 28.2 Å². The van der Waals surface area contributed by atoms with Gasteiger partial charge in [0.25, 0.3) is 0 Å². The minimum Gasteiger partial charge on any atom is -0.493 e. The third-order valence-electron chi connectivity index (χ3n) is 24.8. The molecule has 19 rings (SSSR count). The zero-order valence-corrected chi connectivity index (χ0v) is 85.8. The number of esters is 4. The molecule has 0 saturated heterocycles. The van der Waals surface area contributed by atoms with Gasteiger partial charge in [0.05, 0.1) is 66.6 Å². The number of alkyl halides is 3. The Kier molecular flexibility index (Phi) is 37.4. The maximum Gasteiger partial charge on any atom is 0.416 e. The average molecular weight is 1980 g/mol. The highest BCUT2D eigenvalue weighted by Crippen LogP contribution is 2.60. The zero-order valence-electron chi connectivity index (χ0n) is 81.7. The van der Waals surface area contributed by atoms with Crippen molar-refractivity contribution in [2.24, 2.45) is 23.7 Å². The van der Waals surface area contributed by atoms with Crippen LogP contribution >= 0.6 is 0 Å². The summed E-state index contributed by atoms with van der Waals surface area (Å²) in [4.78, 5) is 68.4. The molecule has 19 heteroatoms. The van der Waals surface area contributed by atoms with Gasteiger partial charge in [0.1, 0.15) is 22.8 Å². The van der Waals surface area contributed by atoms with Crippen molar-refractivity contribution in [1.82, 2.24) is 4.90 Å². The number of ether oxygens (including phenoxy) is 6. The van der Waals surface area contributed by atoms with E-state index in [1.54, 1.807) is 6.07 Å². The molecule has 15 aromatic carbocycles. The van der Waals surface area contributed by atoms with E-state index < -0.39 is 58.7 Å². The molecule has 0 spiro atoms. The van der Waals surface area contributed by atoms with Gasteiger partial charge >= 0.3 is 30.1 Å². The summed E-state index contributed by atoms with van der Waals surface area (Å²) >= 11 is 0. The van der Waals surface area contributed by atoms with Gasteiger partial charge in [-0.1, -0.05) is 200 Å². The molecule has 0 N–H and O–H groups in total. The fraction of sp³-hybridized carbons (Fsp3) is 0.230. The van der Waals surface area contributed by atoms with Crippen molar-refractivity contribution < 1.29 is 60.8 Å². The van der Waals surface area contributed by atoms with E-state index in [1.807, 2.05) is 137 Å². The second-order valence-corrected chi connectivity index (χ2v) is 46.0. The highest BCUT2D eigenvalue weighted by Gasteiger charge is 2.57. The lowest BCUT2D eigenvalue weighted by Crippen LogP contribution is -2.58. The fourth-order valence-corrected chi connectivity index (χ4v) is 29.7. The Morgan fingerprint density at radius 1 is 0.319 bits per heavy atom. The summed E-state index contributed by atoms with van der Waals surface area (Å²) in [6, 6.07) is 132. The maximum absolute atomic E-state index is 13.0. The molecule has 0 unspecified atom stereocenters. The van der Waals surface area contributed by atoms with Crippen molar-refractivity contribution >= 4 is 78.4 Å². The first-order valence-electron chi connectivity index (χ1n) is 47.6. The van der Waals surface area contributed by atoms with Gasteiger partial charge in [-0.2, -0.15) is 13.2 Å². The molecular formula is C122H123F3NO10S5+5. The first-order valence-corrected chi connectivity index (χ1v) is 53.8. The Morgan fingerprint density at radius 3 is 0.908 bits per heavy atom. The summed E-state index contributed by atoms with van der Waals surface area (Å²) in [6.45, 7) is 18.4. The van der Waals surface area contributed by atoms with Crippen LogP contribution < -0.4 is 14.2 Å². The van der Waals surface area contributed by atoms with Crippen LogP contribution in [0.1, 0.15) is 96.9 Å². The van der Waals surface area contributed by atoms with E-state index in [-0.39, 0.29) is 56.8 Å². The first-order chi connectivity index (χ1) is 68.2. The number of hydrogen-bond acceptors (Lipinski definition) is 11. The molecule has 11 nitrogen and oxygen atoms in total. The summed E-state index contributed by atoms with van der Waals surface area (Å²) in [5, 5.41) is 0. The molecule has 0 amide bonds. The van der Waals surface area contributed by atoms with E-state index in [2.05, 4.69) is 301 Å². The van der Waals surface area contributed by atoms with Gasteiger partial charge < -0.3 is 33.3 Å². The molecule has 0 aliphatic heterocycles. The van der Waals surface area contributed by atoms with Crippen molar-refractivity contribution in [3.05, 3.63) is 433 Å². The number of carbonyl (C=O) groups is 4. The molecule has 0 radical (unpaired) electrons. The Bertz CT molecular complexity index is 6270. The van der Waals surface area contributed by atoms with Gasteiger partial charge in [-0.15, -0.1) is 0 Å². The minimum absolute atomic E-state index is 0.0249. The van der Waals surface area contributed by atoms with Gasteiger partial charge in [-0.05, 0) is 316 Å². The van der Waals surface area contributed by atoms with Crippen LogP contribution in [0.5, 0.6) is 17.2 Å². The van der Waals surface area contributed by atoms with Crippen LogP contribution in [-0.2, 0) is 94.0 Å². The van der Waals surface area contributed by atoms with E-state index >= 15 is 0 Å². The second kappa shape index (κ2) is 50.6. The number of halogens is 3. The van der Waals surface area contributed by atoms with Crippen LogP contribution in [0, 0.1) is 72.1 Å². The van der Waals surface area contributed by atoms with Gasteiger partial charge in [0, 0.05) is 55.9 Å². The van der Waals surface area contributed by atoms with Gasteiger partial charge in [0.2, 0.25) is 0 Å². The van der Waals surface area contributed by atoms with Crippen LogP contribution in [0.3, 0.4) is 0 Å². The summed E-state index contributed by atoms with van der Waals surface area (Å²) in [6.07, 6.45) is 2.65. The SMILES string of the molecule is CC(=O)OCC(=O)Oc1c(C)cc([S+](c2ccccc2)c2ccccc2)cc1C.Cc1cc([S+](c2ccccc2)c2ccccc2)cc(C)c1OCC(=O)OCC(=O)OC1(C)C2CC3CC(C2)CC1C3.Cc1cc([S+](c2ccccc2)c2ccccc2)cc(C)c1OCCCN(C)C.Cc1cccc([S+](c2ccccc2)c2ccccc2)c1.FC(F)(F)c1cccc([S+](c2ccccc2)c2ccccc2)c1. The number of rotatable bonds is 29. The lowest BCUT2D eigenvalue weighted by Gasteiger charge is -2.59. The Hall–Kier alpha value is -12.7.